The molecule has 0 radical (unpaired) electrons. The van der Waals surface area contributed by atoms with Gasteiger partial charge < -0.3 is 19.8 Å². The van der Waals surface area contributed by atoms with E-state index in [1.165, 1.54) is 10.5 Å². The fraction of sp³-hybridized carbons (Fsp3) is 0.822. The Labute approximate surface area is 335 Å². The van der Waals surface area contributed by atoms with E-state index in [-0.39, 0.29) is 51.8 Å². The highest BCUT2D eigenvalue weighted by Crippen LogP contribution is 2.77. The number of carbonyl (C=O) groups excluding carboxylic acids is 2. The summed E-state index contributed by atoms with van der Waals surface area (Å²) in [5, 5.41) is 22.2. The topological polar surface area (TPSA) is 120 Å². The second-order valence-electron chi connectivity index (χ2n) is 21.1. The predicted octanol–water partition coefficient (Wildman–Crippen LogP) is 8.26. The van der Waals surface area contributed by atoms with Gasteiger partial charge in [0, 0.05) is 54.5 Å². The third-order valence-electron chi connectivity index (χ3n) is 16.7. The standard InChI is InChI=1S/C45H71N3O6S/c1-28(2)37-31(49)22-45(34(50)26-48(21-20-47(10)11)25-29-24-46-27-55-29)19-18-43(8)30(38(37)45)12-13-33-42(7)16-15-35(54-36(51)23-40(3,4)39(52)53)41(5,6)32(42)14-17-44(33,43)9/h24,27-28,30,32-35,50H,12-23,25-26H2,1-11H3,(H,52,53)/t30-,32+,33-,34+,35-,42+,43-,44-,45+/m1/s1. The van der Waals surface area contributed by atoms with Crippen molar-refractivity contribution in [2.45, 2.75) is 145 Å². The molecule has 55 heavy (non-hydrogen) atoms. The van der Waals surface area contributed by atoms with Gasteiger partial charge in [-0.2, -0.15) is 0 Å². The van der Waals surface area contributed by atoms with Gasteiger partial charge in [-0.1, -0.05) is 54.0 Å². The molecular formula is C45H71N3O6S. The Balaban J connectivity index is 1.28. The third kappa shape index (κ3) is 7.09. The summed E-state index contributed by atoms with van der Waals surface area (Å²) in [6.07, 6.45) is 9.18. The van der Waals surface area contributed by atoms with Crippen LogP contribution in [0.25, 0.3) is 0 Å². The molecule has 1 aromatic rings. The van der Waals surface area contributed by atoms with Crippen molar-refractivity contribution in [3.05, 3.63) is 27.7 Å². The number of nitrogens with zero attached hydrogens (tertiary/aromatic N) is 3. The van der Waals surface area contributed by atoms with Crippen LogP contribution in [0.1, 0.15) is 131 Å². The molecule has 6 rings (SSSR count). The van der Waals surface area contributed by atoms with Crippen molar-refractivity contribution >= 4 is 29.1 Å². The maximum absolute atomic E-state index is 14.3. The minimum atomic E-state index is -1.17. The smallest absolute Gasteiger partial charge is 0.309 e. The van der Waals surface area contributed by atoms with Gasteiger partial charge in [0.05, 0.1) is 23.5 Å². The first kappa shape index (κ1) is 42.5. The normalized spacial score (nSPS) is 36.4. The predicted molar refractivity (Wildman–Crippen MR) is 217 cm³/mol. The molecule has 0 saturated heterocycles. The lowest BCUT2D eigenvalue weighted by atomic mass is 9.33. The second-order valence-corrected chi connectivity index (χ2v) is 22.0. The van der Waals surface area contributed by atoms with Crippen LogP contribution in [0, 0.1) is 56.2 Å². The maximum atomic E-state index is 14.3. The number of fused-ring (bicyclic) bond motifs is 7. The number of aromatic nitrogens is 1. The first-order valence-electron chi connectivity index (χ1n) is 21.2. The van der Waals surface area contributed by atoms with Crippen molar-refractivity contribution in [2.75, 3.05) is 33.7 Å². The third-order valence-corrected chi connectivity index (χ3v) is 17.4. The van der Waals surface area contributed by atoms with E-state index in [1.54, 1.807) is 25.2 Å². The zero-order valence-electron chi connectivity index (χ0n) is 35.8. The molecule has 10 heteroatoms. The number of Topliss-reactive ketones (excluding diaryl/α,β-unsaturated/α-hetero) is 1. The molecule has 0 aromatic carbocycles. The number of hydrogen-bond donors (Lipinski definition) is 2. The van der Waals surface area contributed by atoms with E-state index >= 15 is 0 Å². The van der Waals surface area contributed by atoms with E-state index in [1.807, 2.05) is 11.7 Å². The molecule has 1 aromatic heterocycles. The van der Waals surface area contributed by atoms with Gasteiger partial charge in [0.25, 0.3) is 0 Å². The minimum Gasteiger partial charge on any atom is -0.481 e. The first-order valence-corrected chi connectivity index (χ1v) is 22.0. The number of carboxylic acids is 1. The van der Waals surface area contributed by atoms with Gasteiger partial charge in [0.1, 0.15) is 6.10 Å². The largest absolute Gasteiger partial charge is 0.481 e. The van der Waals surface area contributed by atoms with E-state index in [4.69, 9.17) is 4.74 Å². The molecule has 9 atom stereocenters. The molecule has 4 fully saturated rings. The monoisotopic (exact) mass is 782 g/mol. The molecule has 0 amide bonds. The lowest BCUT2D eigenvalue weighted by Gasteiger charge is -2.72. The molecule has 0 spiro atoms. The first-order chi connectivity index (χ1) is 25.5. The number of aliphatic hydroxyl groups is 1. The highest BCUT2D eigenvalue weighted by molar-refractivity contribution is 7.09. The number of carboxylic acid groups (broad SMARTS) is 1. The molecule has 9 nitrogen and oxygen atoms in total. The van der Waals surface area contributed by atoms with Crippen molar-refractivity contribution in [1.29, 1.82) is 0 Å². The zero-order valence-corrected chi connectivity index (χ0v) is 36.6. The molecular weight excluding hydrogens is 711 g/mol. The van der Waals surface area contributed by atoms with E-state index in [9.17, 15) is 24.6 Å². The van der Waals surface area contributed by atoms with Crippen LogP contribution in [0.15, 0.2) is 22.9 Å². The van der Waals surface area contributed by atoms with Gasteiger partial charge in [-0.25, -0.2) is 0 Å². The van der Waals surface area contributed by atoms with Crippen LogP contribution < -0.4 is 0 Å². The Morgan fingerprint density at radius 1 is 0.982 bits per heavy atom. The van der Waals surface area contributed by atoms with Gasteiger partial charge >= 0.3 is 11.9 Å². The van der Waals surface area contributed by atoms with Crippen LogP contribution in [-0.2, 0) is 25.7 Å². The van der Waals surface area contributed by atoms with Crippen LogP contribution in [-0.4, -0.2) is 88.7 Å². The maximum Gasteiger partial charge on any atom is 0.309 e. The Hall–Kier alpha value is -2.14. The summed E-state index contributed by atoms with van der Waals surface area (Å²) in [5.41, 5.74) is 2.34. The molecule has 0 unspecified atom stereocenters. The number of thiazole rings is 1. The van der Waals surface area contributed by atoms with Gasteiger partial charge in [-0.3, -0.25) is 24.3 Å². The average molecular weight is 782 g/mol. The van der Waals surface area contributed by atoms with Crippen molar-refractivity contribution < 1.29 is 29.3 Å². The number of ether oxygens (including phenoxy) is 1. The minimum absolute atomic E-state index is 0.0175. The summed E-state index contributed by atoms with van der Waals surface area (Å²) in [6.45, 7) is 22.7. The summed E-state index contributed by atoms with van der Waals surface area (Å²) in [4.78, 5) is 49.3. The van der Waals surface area contributed by atoms with Crippen molar-refractivity contribution in [3.63, 3.8) is 0 Å². The average Bonchev–Trinajstić information content (AvgIpc) is 3.70. The van der Waals surface area contributed by atoms with Crippen LogP contribution >= 0.6 is 11.3 Å². The number of aliphatic hydroxyl groups excluding tert-OH is 1. The SMILES string of the molecule is CC(C)C1=C2[C@H]3CC[C@@H]4[C@@]5(C)CC[C@@H](OC(=O)CC(C)(C)C(=O)O)C(C)(C)[C@@H]5CC[C@@]4(C)[C@]3(C)CC[C@@]2([C@@H](O)CN(CCN(C)C)Cc2cncs2)CC1=O. The van der Waals surface area contributed by atoms with Gasteiger partial charge in [0.15, 0.2) is 5.78 Å². The zero-order chi connectivity index (χ0) is 40.5. The fourth-order valence-electron chi connectivity index (χ4n) is 13.4. The second kappa shape index (κ2) is 14.9. The number of likely N-dealkylation sites (N-methyl/N-ethyl adjacent to an activating group) is 1. The summed E-state index contributed by atoms with van der Waals surface area (Å²) in [7, 11) is 4.18. The molecule has 1 heterocycles. The van der Waals surface area contributed by atoms with E-state index in [2.05, 4.69) is 77.3 Å². The van der Waals surface area contributed by atoms with Gasteiger partial charge in [-0.15, -0.1) is 11.3 Å². The molecule has 0 aliphatic heterocycles. The molecule has 2 N–H and O–H groups in total. The van der Waals surface area contributed by atoms with Crippen molar-refractivity contribution in [1.82, 2.24) is 14.8 Å². The van der Waals surface area contributed by atoms with E-state index in [0.29, 0.717) is 24.8 Å². The Bertz CT molecular complexity index is 1650. The number of allylic oxidation sites excluding steroid dienone is 1. The summed E-state index contributed by atoms with van der Waals surface area (Å²) < 4.78 is 6.19. The molecule has 4 saturated carbocycles. The summed E-state index contributed by atoms with van der Waals surface area (Å²) in [5.74, 6) is 0.0603. The Kier molecular flexibility index (Phi) is 11.5. The summed E-state index contributed by atoms with van der Waals surface area (Å²) >= 11 is 1.65. The number of aliphatic carboxylic acids is 1. The Morgan fingerprint density at radius 2 is 1.69 bits per heavy atom. The van der Waals surface area contributed by atoms with E-state index in [0.717, 1.165) is 76.6 Å². The number of ketones is 1. The van der Waals surface area contributed by atoms with Crippen LogP contribution in [0.3, 0.4) is 0 Å². The van der Waals surface area contributed by atoms with Crippen LogP contribution in [0.5, 0.6) is 0 Å². The van der Waals surface area contributed by atoms with E-state index < -0.39 is 28.9 Å². The number of carbonyl (C=O) groups is 3. The quantitative estimate of drug-likeness (QED) is 0.191. The number of hydrogen-bond acceptors (Lipinski definition) is 9. The number of esters is 1. The molecule has 0 bridgehead atoms. The van der Waals surface area contributed by atoms with Gasteiger partial charge in [-0.05, 0) is 125 Å². The lowest BCUT2D eigenvalue weighted by Crippen LogP contribution is -2.66. The van der Waals surface area contributed by atoms with Crippen molar-refractivity contribution in [3.8, 4) is 0 Å². The summed E-state index contributed by atoms with van der Waals surface area (Å²) in [6, 6.07) is 0. The molecule has 308 valence electrons. The fourth-order valence-corrected chi connectivity index (χ4v) is 14.1. The van der Waals surface area contributed by atoms with Crippen molar-refractivity contribution in [2.24, 2.45) is 56.2 Å². The molecule has 5 aliphatic rings. The van der Waals surface area contributed by atoms with Crippen LogP contribution in [0.4, 0.5) is 0 Å². The lowest BCUT2D eigenvalue weighted by molar-refractivity contribution is -0.235. The Morgan fingerprint density at radius 3 is 2.31 bits per heavy atom. The highest BCUT2D eigenvalue weighted by Gasteiger charge is 2.71. The van der Waals surface area contributed by atoms with Gasteiger partial charge in [0.2, 0.25) is 0 Å². The highest BCUT2D eigenvalue weighted by atomic mass is 32.1. The molecule has 5 aliphatic carbocycles. The number of rotatable bonds is 13. The van der Waals surface area contributed by atoms with Crippen LogP contribution in [0.2, 0.25) is 0 Å².